The molecule has 88 valence electrons. The molecule has 0 saturated heterocycles. The molecule has 4 nitrogen and oxygen atoms in total. The Labute approximate surface area is 96.8 Å². The van der Waals surface area contributed by atoms with Crippen molar-refractivity contribution in [1.82, 2.24) is 10.2 Å². The van der Waals surface area contributed by atoms with E-state index in [-0.39, 0.29) is 10.9 Å². The van der Waals surface area contributed by atoms with Crippen molar-refractivity contribution in [2.45, 2.75) is 20.3 Å². The lowest BCUT2D eigenvalue weighted by molar-refractivity contribution is 0.0789. The molecule has 0 aliphatic rings. The third kappa shape index (κ3) is 2.82. The Morgan fingerprint density at radius 1 is 1.44 bits per heavy atom. The number of aryl methyl sites for hydroxylation is 1. The molecule has 0 unspecified atom stereocenters. The standard InChI is InChI=1S/C9H11F2N3OS/c1-4-5(2)13-14-9(7(4)8(12)16)15-3-6(10)11/h6H,3H2,1-2H3,(H2,12,16). The zero-order chi connectivity index (χ0) is 12.3. The molecule has 1 rings (SSSR count). The summed E-state index contributed by atoms with van der Waals surface area (Å²) in [4.78, 5) is 0.0553. The van der Waals surface area contributed by atoms with Crippen molar-refractivity contribution >= 4 is 17.2 Å². The predicted molar refractivity (Wildman–Crippen MR) is 58.9 cm³/mol. The van der Waals surface area contributed by atoms with Crippen molar-refractivity contribution in [3.8, 4) is 5.88 Å². The van der Waals surface area contributed by atoms with Crippen LogP contribution in [0.4, 0.5) is 8.78 Å². The lowest BCUT2D eigenvalue weighted by Gasteiger charge is -2.11. The van der Waals surface area contributed by atoms with Crippen molar-refractivity contribution in [2.24, 2.45) is 5.73 Å². The fraction of sp³-hybridized carbons (Fsp3) is 0.444. The monoisotopic (exact) mass is 247 g/mol. The summed E-state index contributed by atoms with van der Waals surface area (Å²) in [6.07, 6.45) is -2.58. The number of ether oxygens (including phenoxy) is 1. The Morgan fingerprint density at radius 2 is 2.06 bits per heavy atom. The maximum Gasteiger partial charge on any atom is 0.272 e. The lowest BCUT2D eigenvalue weighted by atomic mass is 10.1. The van der Waals surface area contributed by atoms with Crippen molar-refractivity contribution in [1.29, 1.82) is 0 Å². The van der Waals surface area contributed by atoms with E-state index in [1.165, 1.54) is 0 Å². The Hall–Kier alpha value is -1.37. The van der Waals surface area contributed by atoms with Crippen LogP contribution in [0, 0.1) is 13.8 Å². The molecule has 1 aromatic rings. The molecule has 0 spiro atoms. The lowest BCUT2D eigenvalue weighted by Crippen LogP contribution is -2.18. The van der Waals surface area contributed by atoms with Crippen molar-refractivity contribution in [3.63, 3.8) is 0 Å². The number of rotatable bonds is 4. The molecule has 0 fully saturated rings. The molecule has 0 radical (unpaired) electrons. The number of nitrogens with two attached hydrogens (primary N) is 1. The van der Waals surface area contributed by atoms with Crippen LogP contribution in [0.5, 0.6) is 5.88 Å². The van der Waals surface area contributed by atoms with E-state index in [2.05, 4.69) is 10.2 Å². The minimum absolute atomic E-state index is 0.0455. The van der Waals surface area contributed by atoms with Crippen LogP contribution >= 0.6 is 12.2 Å². The molecular weight excluding hydrogens is 236 g/mol. The minimum Gasteiger partial charge on any atom is -0.470 e. The van der Waals surface area contributed by atoms with Gasteiger partial charge in [0, 0.05) is 0 Å². The molecule has 7 heteroatoms. The quantitative estimate of drug-likeness (QED) is 0.814. The molecule has 0 saturated carbocycles. The van der Waals surface area contributed by atoms with E-state index in [0.717, 1.165) is 0 Å². The summed E-state index contributed by atoms with van der Waals surface area (Å²) in [7, 11) is 0. The second-order valence-electron chi connectivity index (χ2n) is 3.16. The molecule has 2 N–H and O–H groups in total. The van der Waals surface area contributed by atoms with Gasteiger partial charge in [-0.15, -0.1) is 5.10 Å². The summed E-state index contributed by atoms with van der Waals surface area (Å²) >= 11 is 4.82. The summed E-state index contributed by atoms with van der Waals surface area (Å²) in [5.41, 5.74) is 7.17. The molecule has 0 amide bonds. The third-order valence-electron chi connectivity index (χ3n) is 2.01. The van der Waals surface area contributed by atoms with Crippen molar-refractivity contribution in [3.05, 3.63) is 16.8 Å². The summed E-state index contributed by atoms with van der Waals surface area (Å²) in [6.45, 7) is 2.70. The van der Waals surface area contributed by atoms with Gasteiger partial charge in [0.1, 0.15) is 4.99 Å². The Balaban J connectivity index is 3.08. The smallest absolute Gasteiger partial charge is 0.272 e. The molecule has 0 aliphatic carbocycles. The number of hydrogen-bond donors (Lipinski definition) is 1. The topological polar surface area (TPSA) is 61.0 Å². The molecule has 1 aromatic heterocycles. The normalized spacial score (nSPS) is 10.6. The van der Waals surface area contributed by atoms with Crippen LogP contribution in [0.15, 0.2) is 0 Å². The van der Waals surface area contributed by atoms with Gasteiger partial charge in [-0.3, -0.25) is 0 Å². The van der Waals surface area contributed by atoms with Crippen LogP contribution in [0.25, 0.3) is 0 Å². The van der Waals surface area contributed by atoms with Crippen LogP contribution in [-0.2, 0) is 0 Å². The van der Waals surface area contributed by atoms with E-state index < -0.39 is 13.0 Å². The minimum atomic E-state index is -2.58. The summed E-state index contributed by atoms with van der Waals surface area (Å²) in [5, 5.41) is 7.42. The maximum absolute atomic E-state index is 12.0. The van der Waals surface area contributed by atoms with Crippen molar-refractivity contribution < 1.29 is 13.5 Å². The highest BCUT2D eigenvalue weighted by Gasteiger charge is 2.16. The van der Waals surface area contributed by atoms with Crippen molar-refractivity contribution in [2.75, 3.05) is 6.61 Å². The van der Waals surface area contributed by atoms with E-state index in [1.54, 1.807) is 13.8 Å². The third-order valence-corrected chi connectivity index (χ3v) is 2.22. The van der Waals surface area contributed by atoms with Gasteiger partial charge in [0.15, 0.2) is 6.61 Å². The Bertz CT molecular complexity index is 412. The fourth-order valence-electron chi connectivity index (χ4n) is 1.12. The van der Waals surface area contributed by atoms with Crippen LogP contribution in [0.2, 0.25) is 0 Å². The molecule has 1 heterocycles. The predicted octanol–water partition coefficient (Wildman–Crippen LogP) is 1.37. The number of nitrogens with zero attached hydrogens (tertiary/aromatic N) is 2. The number of alkyl halides is 2. The van der Waals surface area contributed by atoms with Gasteiger partial charge in [0.05, 0.1) is 11.3 Å². The van der Waals surface area contributed by atoms with E-state index in [4.69, 9.17) is 22.7 Å². The fourth-order valence-corrected chi connectivity index (χ4v) is 1.36. The van der Waals surface area contributed by atoms with Crippen LogP contribution < -0.4 is 10.5 Å². The average molecular weight is 247 g/mol. The van der Waals surface area contributed by atoms with Crippen LogP contribution in [-0.4, -0.2) is 28.2 Å². The Morgan fingerprint density at radius 3 is 2.56 bits per heavy atom. The van der Waals surface area contributed by atoms with E-state index >= 15 is 0 Å². The highest BCUT2D eigenvalue weighted by Crippen LogP contribution is 2.20. The molecule has 16 heavy (non-hydrogen) atoms. The maximum atomic E-state index is 12.0. The SMILES string of the molecule is Cc1nnc(OCC(F)F)c(C(N)=S)c1C. The van der Waals surface area contributed by atoms with Gasteiger partial charge in [-0.25, -0.2) is 8.78 Å². The zero-order valence-electron chi connectivity index (χ0n) is 8.83. The molecule has 0 aromatic carbocycles. The van der Waals surface area contributed by atoms with Gasteiger partial charge in [0.2, 0.25) is 5.88 Å². The first kappa shape index (κ1) is 12.7. The number of halogens is 2. The highest BCUT2D eigenvalue weighted by molar-refractivity contribution is 7.80. The molecule has 0 atom stereocenters. The number of thiocarbonyl (C=S) groups is 1. The first-order valence-corrected chi connectivity index (χ1v) is 4.89. The van der Waals surface area contributed by atoms with Gasteiger partial charge >= 0.3 is 0 Å². The first-order chi connectivity index (χ1) is 7.43. The van der Waals surface area contributed by atoms with Gasteiger partial charge in [0.25, 0.3) is 6.43 Å². The van der Waals surface area contributed by atoms with E-state index in [9.17, 15) is 8.78 Å². The first-order valence-electron chi connectivity index (χ1n) is 4.48. The second-order valence-corrected chi connectivity index (χ2v) is 3.60. The highest BCUT2D eigenvalue weighted by atomic mass is 32.1. The summed E-state index contributed by atoms with van der Waals surface area (Å²) in [6, 6.07) is 0. The van der Waals surface area contributed by atoms with Gasteiger partial charge < -0.3 is 10.5 Å². The molecule has 0 aliphatic heterocycles. The molecular formula is C9H11F2N3OS. The second kappa shape index (κ2) is 5.11. The van der Waals surface area contributed by atoms with Gasteiger partial charge in [-0.1, -0.05) is 12.2 Å². The average Bonchev–Trinajstić information content (AvgIpc) is 2.19. The molecule has 0 bridgehead atoms. The number of hydrogen-bond acceptors (Lipinski definition) is 4. The van der Waals surface area contributed by atoms with Crippen LogP contribution in [0.1, 0.15) is 16.8 Å². The van der Waals surface area contributed by atoms with E-state index in [1.807, 2.05) is 0 Å². The zero-order valence-corrected chi connectivity index (χ0v) is 9.65. The van der Waals surface area contributed by atoms with Gasteiger partial charge in [-0.05, 0) is 19.4 Å². The number of aromatic nitrogens is 2. The Kier molecular flexibility index (Phi) is 4.05. The summed E-state index contributed by atoms with van der Waals surface area (Å²) in [5.74, 6) is -0.0455. The van der Waals surface area contributed by atoms with Crippen LogP contribution in [0.3, 0.4) is 0 Å². The van der Waals surface area contributed by atoms with Gasteiger partial charge in [-0.2, -0.15) is 5.10 Å². The van der Waals surface area contributed by atoms with E-state index in [0.29, 0.717) is 16.8 Å². The largest absolute Gasteiger partial charge is 0.470 e. The summed E-state index contributed by atoms with van der Waals surface area (Å²) < 4.78 is 28.8.